The Hall–Kier alpha value is -1.01. The van der Waals surface area contributed by atoms with E-state index in [0.717, 1.165) is 36.2 Å². The first kappa shape index (κ1) is 14.1. The first-order valence-electron chi connectivity index (χ1n) is 5.81. The predicted octanol–water partition coefficient (Wildman–Crippen LogP) is 1.81. The number of anilines is 2. The van der Waals surface area contributed by atoms with E-state index in [1.54, 1.807) is 0 Å². The zero-order chi connectivity index (χ0) is 12.5. The van der Waals surface area contributed by atoms with Crippen LogP contribution in [0.2, 0.25) is 0 Å². The van der Waals surface area contributed by atoms with Crippen LogP contribution in [0.25, 0.3) is 0 Å². The zero-order valence-electron chi connectivity index (χ0n) is 10.4. The Kier molecular flexibility index (Phi) is 6.73. The third-order valence-electron chi connectivity index (χ3n) is 2.09. The van der Waals surface area contributed by atoms with Gasteiger partial charge in [-0.3, -0.25) is 0 Å². The lowest BCUT2D eigenvalue weighted by atomic mass is 10.4. The fourth-order valence-electron chi connectivity index (χ4n) is 1.25. The smallest absolute Gasteiger partial charge is 0.191 e. The maximum absolute atomic E-state index is 8.73. The fraction of sp³-hybridized carbons (Fsp3) is 0.636. The monoisotopic (exact) mass is 256 g/mol. The third-order valence-corrected chi connectivity index (χ3v) is 2.63. The summed E-state index contributed by atoms with van der Waals surface area (Å²) < 4.78 is 0. The molecule has 3 N–H and O–H groups in total. The molecule has 5 nitrogen and oxygen atoms in total. The van der Waals surface area contributed by atoms with Crippen LogP contribution in [-0.2, 0) is 0 Å². The van der Waals surface area contributed by atoms with E-state index in [9.17, 15) is 0 Å². The van der Waals surface area contributed by atoms with Gasteiger partial charge in [0.2, 0.25) is 0 Å². The van der Waals surface area contributed by atoms with Gasteiger partial charge in [0.1, 0.15) is 11.6 Å². The van der Waals surface area contributed by atoms with E-state index in [4.69, 9.17) is 5.11 Å². The number of thioether (sulfide) groups is 1. The van der Waals surface area contributed by atoms with Crippen LogP contribution in [0.1, 0.15) is 19.8 Å². The molecule has 0 aromatic carbocycles. The zero-order valence-corrected chi connectivity index (χ0v) is 11.2. The molecule has 1 aromatic heterocycles. The van der Waals surface area contributed by atoms with Crippen molar-refractivity contribution in [2.75, 3.05) is 36.6 Å². The van der Waals surface area contributed by atoms with Gasteiger partial charge in [-0.05, 0) is 19.1 Å². The van der Waals surface area contributed by atoms with Crippen LogP contribution < -0.4 is 10.6 Å². The predicted molar refractivity (Wildman–Crippen MR) is 72.8 cm³/mol. The van der Waals surface area contributed by atoms with E-state index in [0.29, 0.717) is 6.54 Å². The molecular formula is C11H20N4OS. The molecule has 0 unspecified atom stereocenters. The van der Waals surface area contributed by atoms with Crippen molar-refractivity contribution in [2.45, 2.75) is 24.9 Å². The summed E-state index contributed by atoms with van der Waals surface area (Å²) in [4.78, 5) is 8.72. The second kappa shape index (κ2) is 8.14. The minimum atomic E-state index is 0.189. The van der Waals surface area contributed by atoms with Gasteiger partial charge in [-0.15, -0.1) is 0 Å². The highest BCUT2D eigenvalue weighted by molar-refractivity contribution is 7.98. The van der Waals surface area contributed by atoms with Crippen molar-refractivity contribution in [1.29, 1.82) is 0 Å². The topological polar surface area (TPSA) is 70.1 Å². The van der Waals surface area contributed by atoms with Crippen molar-refractivity contribution in [3.63, 3.8) is 0 Å². The fourth-order valence-corrected chi connectivity index (χ4v) is 1.63. The van der Waals surface area contributed by atoms with E-state index in [1.807, 2.05) is 12.3 Å². The number of aliphatic hydroxyl groups is 1. The van der Waals surface area contributed by atoms with E-state index in [2.05, 4.69) is 27.5 Å². The second-order valence-electron chi connectivity index (χ2n) is 3.56. The Balaban J connectivity index is 2.67. The quantitative estimate of drug-likeness (QED) is 0.374. The van der Waals surface area contributed by atoms with Gasteiger partial charge < -0.3 is 15.7 Å². The summed E-state index contributed by atoms with van der Waals surface area (Å²) in [7, 11) is 0. The van der Waals surface area contributed by atoms with Crippen LogP contribution in [0.15, 0.2) is 11.2 Å². The molecule has 0 aliphatic heterocycles. The Morgan fingerprint density at radius 1 is 1.24 bits per heavy atom. The highest BCUT2D eigenvalue weighted by Gasteiger charge is 2.03. The normalized spacial score (nSPS) is 10.3. The Labute approximate surface area is 106 Å². The van der Waals surface area contributed by atoms with Gasteiger partial charge in [-0.1, -0.05) is 18.7 Å². The molecule has 17 heavy (non-hydrogen) atoms. The van der Waals surface area contributed by atoms with Gasteiger partial charge in [0.25, 0.3) is 0 Å². The molecule has 6 heteroatoms. The van der Waals surface area contributed by atoms with Crippen LogP contribution in [-0.4, -0.2) is 41.0 Å². The van der Waals surface area contributed by atoms with E-state index >= 15 is 0 Å². The molecule has 1 rings (SSSR count). The summed E-state index contributed by atoms with van der Waals surface area (Å²) in [5, 5.41) is 15.9. The van der Waals surface area contributed by atoms with Gasteiger partial charge >= 0.3 is 0 Å². The summed E-state index contributed by atoms with van der Waals surface area (Å²) in [5.41, 5.74) is 0. The molecule has 0 aliphatic carbocycles. The molecular weight excluding hydrogens is 236 g/mol. The standard InChI is InChI=1S/C11H20N4OS/c1-3-5-12-9-8-10(13-6-4-7-16)15-11(14-9)17-2/h8,16H,3-7H2,1-2H3,(H2,12,13,14,15). The van der Waals surface area contributed by atoms with Crippen molar-refractivity contribution >= 4 is 23.4 Å². The molecule has 0 atom stereocenters. The van der Waals surface area contributed by atoms with Crippen molar-refractivity contribution in [3.8, 4) is 0 Å². The van der Waals surface area contributed by atoms with Crippen molar-refractivity contribution in [3.05, 3.63) is 6.07 Å². The maximum Gasteiger partial charge on any atom is 0.191 e. The molecule has 0 bridgehead atoms. The van der Waals surface area contributed by atoms with Gasteiger partial charge in [0, 0.05) is 25.8 Å². The number of aromatic nitrogens is 2. The molecule has 0 spiro atoms. The molecule has 0 radical (unpaired) electrons. The largest absolute Gasteiger partial charge is 0.396 e. The number of hydrogen-bond donors (Lipinski definition) is 3. The molecule has 0 saturated carbocycles. The number of hydrogen-bond acceptors (Lipinski definition) is 6. The van der Waals surface area contributed by atoms with Crippen LogP contribution in [0.3, 0.4) is 0 Å². The lowest BCUT2D eigenvalue weighted by Gasteiger charge is -2.09. The van der Waals surface area contributed by atoms with Crippen LogP contribution in [0.4, 0.5) is 11.6 Å². The first-order valence-corrected chi connectivity index (χ1v) is 7.04. The molecule has 1 heterocycles. The number of rotatable bonds is 8. The Morgan fingerprint density at radius 3 is 2.41 bits per heavy atom. The number of aliphatic hydroxyl groups excluding tert-OH is 1. The Bertz CT molecular complexity index is 335. The molecule has 0 fully saturated rings. The average Bonchev–Trinajstić information content (AvgIpc) is 2.36. The van der Waals surface area contributed by atoms with Gasteiger partial charge in [-0.25, -0.2) is 9.97 Å². The average molecular weight is 256 g/mol. The van der Waals surface area contributed by atoms with Crippen molar-refractivity contribution in [2.24, 2.45) is 0 Å². The minimum absolute atomic E-state index is 0.189. The highest BCUT2D eigenvalue weighted by Crippen LogP contribution is 2.17. The van der Waals surface area contributed by atoms with Gasteiger partial charge in [-0.2, -0.15) is 0 Å². The van der Waals surface area contributed by atoms with Crippen LogP contribution in [0.5, 0.6) is 0 Å². The lowest BCUT2D eigenvalue weighted by molar-refractivity contribution is 0.292. The number of nitrogens with one attached hydrogen (secondary N) is 2. The summed E-state index contributed by atoms with van der Waals surface area (Å²) in [5.74, 6) is 1.65. The highest BCUT2D eigenvalue weighted by atomic mass is 32.2. The van der Waals surface area contributed by atoms with Crippen molar-refractivity contribution < 1.29 is 5.11 Å². The van der Waals surface area contributed by atoms with E-state index in [1.165, 1.54) is 11.8 Å². The van der Waals surface area contributed by atoms with Crippen LogP contribution >= 0.6 is 11.8 Å². The minimum Gasteiger partial charge on any atom is -0.396 e. The van der Waals surface area contributed by atoms with Gasteiger partial charge in [0.15, 0.2) is 5.16 Å². The summed E-state index contributed by atoms with van der Waals surface area (Å²) in [6.45, 7) is 3.92. The first-order chi connectivity index (χ1) is 8.30. The lowest BCUT2D eigenvalue weighted by Crippen LogP contribution is -2.08. The molecule has 0 aliphatic rings. The third kappa shape index (κ3) is 5.23. The maximum atomic E-state index is 8.73. The number of nitrogens with zero attached hydrogens (tertiary/aromatic N) is 2. The molecule has 0 amide bonds. The summed E-state index contributed by atoms with van der Waals surface area (Å²) in [6.07, 6.45) is 3.73. The van der Waals surface area contributed by atoms with E-state index < -0.39 is 0 Å². The van der Waals surface area contributed by atoms with Gasteiger partial charge in [0.05, 0.1) is 0 Å². The van der Waals surface area contributed by atoms with E-state index in [-0.39, 0.29) is 6.61 Å². The van der Waals surface area contributed by atoms with Crippen LogP contribution in [0, 0.1) is 0 Å². The summed E-state index contributed by atoms with van der Waals surface area (Å²) in [6, 6.07) is 1.90. The summed E-state index contributed by atoms with van der Waals surface area (Å²) >= 11 is 1.52. The second-order valence-corrected chi connectivity index (χ2v) is 4.33. The molecule has 96 valence electrons. The van der Waals surface area contributed by atoms with Crippen molar-refractivity contribution in [1.82, 2.24) is 9.97 Å². The molecule has 1 aromatic rings. The SMILES string of the molecule is CCCNc1cc(NCCCO)nc(SC)n1. The molecule has 0 saturated heterocycles. The Morgan fingerprint density at radius 2 is 1.88 bits per heavy atom.